The van der Waals surface area contributed by atoms with E-state index in [9.17, 15) is 19.1 Å². The first kappa shape index (κ1) is 19.8. The van der Waals surface area contributed by atoms with Crippen molar-refractivity contribution in [2.75, 3.05) is 0 Å². The van der Waals surface area contributed by atoms with Gasteiger partial charge in [-0.2, -0.15) is 0 Å². The van der Waals surface area contributed by atoms with Gasteiger partial charge in [-0.15, -0.1) is 0 Å². The second-order valence-electron chi connectivity index (χ2n) is 6.82. The van der Waals surface area contributed by atoms with Crippen LogP contribution in [0.3, 0.4) is 0 Å². The molecule has 1 amide bonds. The summed E-state index contributed by atoms with van der Waals surface area (Å²) in [6.45, 7) is 0.106. The Morgan fingerprint density at radius 1 is 1.07 bits per heavy atom. The molecular formula is C23H16ClFN2O3. The number of pyridine rings is 1. The molecule has 1 N–H and O–H groups in total. The van der Waals surface area contributed by atoms with Crippen molar-refractivity contribution < 1.29 is 19.1 Å². The molecule has 7 heteroatoms. The molecule has 1 fully saturated rings. The number of ketones is 1. The monoisotopic (exact) mass is 422 g/mol. The number of nitrogens with zero attached hydrogens (tertiary/aromatic N) is 2. The number of rotatable bonds is 4. The van der Waals surface area contributed by atoms with Crippen LogP contribution in [0, 0.1) is 5.82 Å². The zero-order valence-electron chi connectivity index (χ0n) is 15.6. The number of hydrogen-bond acceptors (Lipinski definition) is 4. The fourth-order valence-corrected chi connectivity index (χ4v) is 3.75. The normalized spacial score (nSPS) is 18.1. The lowest BCUT2D eigenvalue weighted by atomic mass is 9.95. The number of carbonyl (C=O) groups excluding carboxylic acids is 2. The summed E-state index contributed by atoms with van der Waals surface area (Å²) in [4.78, 5) is 31.3. The highest BCUT2D eigenvalue weighted by Gasteiger charge is 2.46. The number of aliphatic hydroxyl groups excluding tert-OH is 1. The van der Waals surface area contributed by atoms with Crippen LogP contribution >= 0.6 is 11.6 Å². The third-order valence-corrected chi connectivity index (χ3v) is 5.28. The number of aromatic nitrogens is 1. The van der Waals surface area contributed by atoms with Crippen LogP contribution in [0.4, 0.5) is 4.39 Å². The summed E-state index contributed by atoms with van der Waals surface area (Å²) < 4.78 is 13.3. The van der Waals surface area contributed by atoms with Crippen molar-refractivity contribution in [2.24, 2.45) is 0 Å². The predicted octanol–water partition coefficient (Wildman–Crippen LogP) is 4.50. The van der Waals surface area contributed by atoms with Crippen LogP contribution in [0.2, 0.25) is 5.02 Å². The number of carbonyl (C=O) groups is 2. The van der Waals surface area contributed by atoms with Crippen molar-refractivity contribution in [3.05, 3.63) is 106 Å². The molecule has 2 aromatic carbocycles. The summed E-state index contributed by atoms with van der Waals surface area (Å²) in [7, 11) is 0. The van der Waals surface area contributed by atoms with Crippen LogP contribution in [0.25, 0.3) is 5.76 Å². The van der Waals surface area contributed by atoms with Gasteiger partial charge in [-0.05, 0) is 47.5 Å². The van der Waals surface area contributed by atoms with Crippen molar-refractivity contribution in [2.45, 2.75) is 12.6 Å². The third kappa shape index (κ3) is 3.57. The largest absolute Gasteiger partial charge is 0.507 e. The van der Waals surface area contributed by atoms with E-state index in [0.717, 1.165) is 5.56 Å². The molecule has 2 heterocycles. The molecular weight excluding hydrogens is 407 g/mol. The summed E-state index contributed by atoms with van der Waals surface area (Å²) >= 11 is 6.39. The Morgan fingerprint density at radius 3 is 2.47 bits per heavy atom. The average Bonchev–Trinajstić information content (AvgIpc) is 3.00. The van der Waals surface area contributed by atoms with E-state index in [0.29, 0.717) is 10.6 Å². The third-order valence-electron chi connectivity index (χ3n) is 4.93. The summed E-state index contributed by atoms with van der Waals surface area (Å²) in [5.41, 5.74) is 1.36. The van der Waals surface area contributed by atoms with Crippen molar-refractivity contribution >= 4 is 29.1 Å². The minimum Gasteiger partial charge on any atom is -0.507 e. The SMILES string of the molecule is O=C1C(=O)N(Cc2cccnc2)C(c2ccccc2Cl)/C1=C(\O)c1ccc(F)cc1. The standard InChI is InChI=1S/C23H16ClFN2O3/c24-18-6-2-1-5-17(18)20-19(21(28)15-7-9-16(25)10-8-15)22(29)23(30)27(20)13-14-4-3-11-26-12-14/h1-12,20,28H,13H2/b21-19+. The first-order valence-corrected chi connectivity index (χ1v) is 9.53. The number of hydrogen-bond donors (Lipinski definition) is 1. The van der Waals surface area contributed by atoms with Crippen molar-refractivity contribution in [1.29, 1.82) is 0 Å². The molecule has 1 unspecified atom stereocenters. The minimum absolute atomic E-state index is 0.0939. The number of aliphatic hydroxyl groups is 1. The van der Waals surface area contributed by atoms with Gasteiger partial charge in [0.05, 0.1) is 11.6 Å². The second-order valence-corrected chi connectivity index (χ2v) is 7.22. The predicted molar refractivity (Wildman–Crippen MR) is 110 cm³/mol. The summed E-state index contributed by atoms with van der Waals surface area (Å²) in [6, 6.07) is 14.5. The zero-order valence-corrected chi connectivity index (χ0v) is 16.4. The smallest absolute Gasteiger partial charge is 0.295 e. The Labute approximate surface area is 177 Å². The van der Waals surface area contributed by atoms with E-state index >= 15 is 0 Å². The molecule has 0 aliphatic carbocycles. The number of amides is 1. The van der Waals surface area contributed by atoms with E-state index < -0.39 is 23.5 Å². The molecule has 0 saturated carbocycles. The Balaban J connectivity index is 1.88. The molecule has 1 atom stereocenters. The van der Waals surface area contributed by atoms with E-state index in [1.165, 1.54) is 29.2 Å². The molecule has 1 aromatic heterocycles. The van der Waals surface area contributed by atoms with Gasteiger partial charge in [-0.25, -0.2) is 4.39 Å². The van der Waals surface area contributed by atoms with Crippen LogP contribution in [-0.4, -0.2) is 26.7 Å². The molecule has 30 heavy (non-hydrogen) atoms. The van der Waals surface area contributed by atoms with Crippen LogP contribution in [0.5, 0.6) is 0 Å². The van der Waals surface area contributed by atoms with Crippen LogP contribution < -0.4 is 0 Å². The lowest BCUT2D eigenvalue weighted by Crippen LogP contribution is -2.29. The molecule has 0 bridgehead atoms. The van der Waals surface area contributed by atoms with Gasteiger partial charge in [0, 0.05) is 29.5 Å². The van der Waals surface area contributed by atoms with Gasteiger partial charge in [0.25, 0.3) is 11.7 Å². The highest BCUT2D eigenvalue weighted by molar-refractivity contribution is 6.46. The van der Waals surface area contributed by atoms with E-state index in [2.05, 4.69) is 4.98 Å². The van der Waals surface area contributed by atoms with Gasteiger partial charge < -0.3 is 10.0 Å². The lowest BCUT2D eigenvalue weighted by molar-refractivity contribution is -0.140. The van der Waals surface area contributed by atoms with Crippen LogP contribution in [-0.2, 0) is 16.1 Å². The van der Waals surface area contributed by atoms with E-state index in [1.54, 1.807) is 48.8 Å². The Kier molecular flexibility index (Phi) is 5.33. The molecule has 0 radical (unpaired) electrons. The second kappa shape index (κ2) is 8.08. The van der Waals surface area contributed by atoms with E-state index in [4.69, 9.17) is 11.6 Å². The molecule has 3 aromatic rings. The number of likely N-dealkylation sites (tertiary alicyclic amines) is 1. The topological polar surface area (TPSA) is 70.5 Å². The van der Waals surface area contributed by atoms with Crippen LogP contribution in [0.1, 0.15) is 22.7 Å². The van der Waals surface area contributed by atoms with E-state index in [1.807, 2.05) is 0 Å². The maximum absolute atomic E-state index is 13.3. The maximum atomic E-state index is 13.3. The maximum Gasteiger partial charge on any atom is 0.295 e. The molecule has 1 aliphatic rings. The molecule has 5 nitrogen and oxygen atoms in total. The number of Topliss-reactive ketones (excluding diaryl/α,β-unsaturated/α-hetero) is 1. The minimum atomic E-state index is -0.899. The summed E-state index contributed by atoms with van der Waals surface area (Å²) in [5, 5.41) is 11.3. The zero-order chi connectivity index (χ0) is 21.3. The van der Waals surface area contributed by atoms with Gasteiger partial charge in [-0.1, -0.05) is 35.9 Å². The fraction of sp³-hybridized carbons (Fsp3) is 0.0870. The van der Waals surface area contributed by atoms with Crippen LogP contribution in [0.15, 0.2) is 78.6 Å². The van der Waals surface area contributed by atoms with Gasteiger partial charge in [-0.3, -0.25) is 14.6 Å². The highest BCUT2D eigenvalue weighted by atomic mass is 35.5. The molecule has 150 valence electrons. The molecule has 4 rings (SSSR count). The molecule has 0 spiro atoms. The van der Waals surface area contributed by atoms with Gasteiger partial charge >= 0.3 is 0 Å². The number of halogens is 2. The van der Waals surface area contributed by atoms with Crippen molar-refractivity contribution in [3.8, 4) is 0 Å². The quantitative estimate of drug-likeness (QED) is 0.382. The summed E-state index contributed by atoms with van der Waals surface area (Å²) in [5.74, 6) is -2.45. The Morgan fingerprint density at radius 2 is 1.80 bits per heavy atom. The van der Waals surface area contributed by atoms with Gasteiger partial charge in [0.1, 0.15) is 11.6 Å². The van der Waals surface area contributed by atoms with E-state index in [-0.39, 0.29) is 23.4 Å². The van der Waals surface area contributed by atoms with Gasteiger partial charge in [0.2, 0.25) is 0 Å². The van der Waals surface area contributed by atoms with Crippen molar-refractivity contribution in [3.63, 3.8) is 0 Å². The van der Waals surface area contributed by atoms with Crippen molar-refractivity contribution in [1.82, 2.24) is 9.88 Å². The first-order valence-electron chi connectivity index (χ1n) is 9.15. The molecule has 1 saturated heterocycles. The highest BCUT2D eigenvalue weighted by Crippen LogP contribution is 2.42. The molecule has 1 aliphatic heterocycles. The Bertz CT molecular complexity index is 1150. The lowest BCUT2D eigenvalue weighted by Gasteiger charge is -2.26. The van der Waals surface area contributed by atoms with Gasteiger partial charge in [0.15, 0.2) is 0 Å². The number of benzene rings is 2. The first-order chi connectivity index (χ1) is 14.5. The Hall–Kier alpha value is -3.51. The average molecular weight is 423 g/mol. The fourth-order valence-electron chi connectivity index (χ4n) is 3.51. The summed E-state index contributed by atoms with van der Waals surface area (Å²) in [6.07, 6.45) is 3.21.